The van der Waals surface area contributed by atoms with Gasteiger partial charge in [-0.15, -0.1) is 0 Å². The Morgan fingerprint density at radius 3 is 2.50 bits per heavy atom. The van der Waals surface area contributed by atoms with Crippen molar-refractivity contribution in [2.75, 3.05) is 26.2 Å². The number of benzene rings is 1. The lowest BCUT2D eigenvalue weighted by Gasteiger charge is -2.25. The zero-order valence-corrected chi connectivity index (χ0v) is 13.9. The van der Waals surface area contributed by atoms with Crippen LogP contribution in [-0.4, -0.2) is 31.1 Å². The van der Waals surface area contributed by atoms with Crippen LogP contribution < -0.4 is 5.32 Å². The molecule has 1 rings (SSSR count). The second-order valence-electron chi connectivity index (χ2n) is 5.21. The van der Waals surface area contributed by atoms with Crippen LogP contribution in [0.15, 0.2) is 24.3 Å². The standard InChI is InChI=1S/C17H29ClN2/c1-4-7-13-20(6-3)14-12-17(19-5-2)15-10-8-9-11-16(15)18/h8-11,17,19H,4-7,12-14H2,1-3H3. The third kappa shape index (κ3) is 5.82. The smallest absolute Gasteiger partial charge is 0.0453 e. The van der Waals surface area contributed by atoms with Gasteiger partial charge in [0.2, 0.25) is 0 Å². The zero-order chi connectivity index (χ0) is 14.8. The minimum Gasteiger partial charge on any atom is -0.310 e. The molecule has 0 aliphatic heterocycles. The van der Waals surface area contributed by atoms with Crippen LogP contribution in [0.4, 0.5) is 0 Å². The van der Waals surface area contributed by atoms with E-state index in [2.05, 4.69) is 43.1 Å². The topological polar surface area (TPSA) is 15.3 Å². The van der Waals surface area contributed by atoms with E-state index in [0.717, 1.165) is 31.1 Å². The van der Waals surface area contributed by atoms with Crippen LogP contribution >= 0.6 is 11.6 Å². The van der Waals surface area contributed by atoms with Crippen molar-refractivity contribution in [1.29, 1.82) is 0 Å². The van der Waals surface area contributed by atoms with Crippen LogP contribution in [0, 0.1) is 0 Å². The average Bonchev–Trinajstić information content (AvgIpc) is 2.47. The quantitative estimate of drug-likeness (QED) is 0.684. The van der Waals surface area contributed by atoms with E-state index in [1.807, 2.05) is 12.1 Å². The molecule has 2 nitrogen and oxygen atoms in total. The van der Waals surface area contributed by atoms with Gasteiger partial charge >= 0.3 is 0 Å². The molecule has 20 heavy (non-hydrogen) atoms. The van der Waals surface area contributed by atoms with Crippen molar-refractivity contribution >= 4 is 11.6 Å². The fourth-order valence-corrected chi connectivity index (χ4v) is 2.76. The zero-order valence-electron chi connectivity index (χ0n) is 13.2. The third-order valence-electron chi connectivity index (χ3n) is 3.74. The molecular formula is C17H29ClN2. The van der Waals surface area contributed by atoms with Crippen LogP contribution in [-0.2, 0) is 0 Å². The number of halogens is 1. The van der Waals surface area contributed by atoms with Gasteiger partial charge in [0.05, 0.1) is 0 Å². The normalized spacial score (nSPS) is 12.8. The summed E-state index contributed by atoms with van der Waals surface area (Å²) in [5.41, 5.74) is 1.22. The van der Waals surface area contributed by atoms with Gasteiger partial charge in [0, 0.05) is 11.1 Å². The highest BCUT2D eigenvalue weighted by molar-refractivity contribution is 6.31. The van der Waals surface area contributed by atoms with E-state index in [1.165, 1.54) is 24.9 Å². The summed E-state index contributed by atoms with van der Waals surface area (Å²) in [7, 11) is 0. The first-order chi connectivity index (χ1) is 9.72. The first kappa shape index (κ1) is 17.5. The molecule has 0 saturated carbocycles. The number of unbranched alkanes of at least 4 members (excludes halogenated alkanes) is 1. The van der Waals surface area contributed by atoms with Gasteiger partial charge in [-0.2, -0.15) is 0 Å². The molecule has 0 radical (unpaired) electrons. The predicted molar refractivity (Wildman–Crippen MR) is 89.5 cm³/mol. The Labute approximate surface area is 129 Å². The molecule has 1 aromatic rings. The summed E-state index contributed by atoms with van der Waals surface area (Å²) in [6, 6.07) is 8.53. The Hall–Kier alpha value is -0.570. The maximum absolute atomic E-state index is 6.33. The van der Waals surface area contributed by atoms with E-state index in [9.17, 15) is 0 Å². The number of hydrogen-bond acceptors (Lipinski definition) is 2. The molecule has 1 aromatic carbocycles. The summed E-state index contributed by atoms with van der Waals surface area (Å²) >= 11 is 6.33. The van der Waals surface area contributed by atoms with Crippen LogP contribution in [0.3, 0.4) is 0 Å². The second-order valence-corrected chi connectivity index (χ2v) is 5.62. The SMILES string of the molecule is CCCCN(CC)CCC(NCC)c1ccccc1Cl. The maximum Gasteiger partial charge on any atom is 0.0453 e. The molecule has 0 heterocycles. The Kier molecular flexibility index (Phi) is 8.92. The van der Waals surface area contributed by atoms with E-state index in [1.54, 1.807) is 0 Å². The van der Waals surface area contributed by atoms with Crippen molar-refractivity contribution < 1.29 is 0 Å². The Balaban J connectivity index is 2.61. The van der Waals surface area contributed by atoms with Gasteiger partial charge in [-0.25, -0.2) is 0 Å². The Morgan fingerprint density at radius 2 is 1.90 bits per heavy atom. The van der Waals surface area contributed by atoms with E-state index in [-0.39, 0.29) is 0 Å². The first-order valence-electron chi connectivity index (χ1n) is 7.93. The molecule has 0 saturated heterocycles. The van der Waals surface area contributed by atoms with Crippen molar-refractivity contribution in [2.45, 2.75) is 46.1 Å². The van der Waals surface area contributed by atoms with Crippen LogP contribution in [0.2, 0.25) is 5.02 Å². The number of nitrogens with one attached hydrogen (secondary N) is 1. The fourth-order valence-electron chi connectivity index (χ4n) is 2.49. The van der Waals surface area contributed by atoms with Gasteiger partial charge in [-0.1, -0.05) is 57.0 Å². The van der Waals surface area contributed by atoms with E-state index >= 15 is 0 Å². The largest absolute Gasteiger partial charge is 0.310 e. The molecule has 3 heteroatoms. The molecular weight excluding hydrogens is 268 g/mol. The van der Waals surface area contributed by atoms with Crippen molar-refractivity contribution in [1.82, 2.24) is 10.2 Å². The maximum atomic E-state index is 6.33. The van der Waals surface area contributed by atoms with Crippen LogP contribution in [0.1, 0.15) is 51.6 Å². The minimum absolute atomic E-state index is 0.351. The fraction of sp³-hybridized carbons (Fsp3) is 0.647. The predicted octanol–water partition coefficient (Wildman–Crippen LogP) is 4.50. The molecule has 0 spiro atoms. The van der Waals surface area contributed by atoms with Gasteiger partial charge in [-0.3, -0.25) is 0 Å². The third-order valence-corrected chi connectivity index (χ3v) is 4.08. The highest BCUT2D eigenvalue weighted by Gasteiger charge is 2.14. The molecule has 1 N–H and O–H groups in total. The van der Waals surface area contributed by atoms with Gasteiger partial charge in [0.15, 0.2) is 0 Å². The minimum atomic E-state index is 0.351. The lowest BCUT2D eigenvalue weighted by Crippen LogP contribution is -2.30. The van der Waals surface area contributed by atoms with Gasteiger partial charge < -0.3 is 10.2 Å². The summed E-state index contributed by atoms with van der Waals surface area (Å²) in [5.74, 6) is 0. The number of hydrogen-bond donors (Lipinski definition) is 1. The van der Waals surface area contributed by atoms with Crippen LogP contribution in [0.5, 0.6) is 0 Å². The molecule has 0 amide bonds. The average molecular weight is 297 g/mol. The van der Waals surface area contributed by atoms with Crippen LogP contribution in [0.25, 0.3) is 0 Å². The van der Waals surface area contributed by atoms with Gasteiger partial charge in [0.1, 0.15) is 0 Å². The summed E-state index contributed by atoms with van der Waals surface area (Å²) in [5, 5.41) is 4.43. The lowest BCUT2D eigenvalue weighted by molar-refractivity contribution is 0.265. The molecule has 0 aromatic heterocycles. The summed E-state index contributed by atoms with van der Waals surface area (Å²) in [6.45, 7) is 11.1. The van der Waals surface area contributed by atoms with Crippen molar-refractivity contribution in [3.8, 4) is 0 Å². The van der Waals surface area contributed by atoms with Crippen molar-refractivity contribution in [3.63, 3.8) is 0 Å². The lowest BCUT2D eigenvalue weighted by atomic mass is 10.0. The molecule has 0 aliphatic rings. The van der Waals surface area contributed by atoms with Gasteiger partial charge in [0.25, 0.3) is 0 Å². The van der Waals surface area contributed by atoms with Crippen molar-refractivity contribution in [2.24, 2.45) is 0 Å². The summed E-state index contributed by atoms with van der Waals surface area (Å²) < 4.78 is 0. The second kappa shape index (κ2) is 10.2. The Morgan fingerprint density at radius 1 is 1.15 bits per heavy atom. The molecule has 0 aliphatic carbocycles. The van der Waals surface area contributed by atoms with Gasteiger partial charge in [-0.05, 0) is 50.7 Å². The number of nitrogens with zero attached hydrogens (tertiary/aromatic N) is 1. The molecule has 0 bridgehead atoms. The van der Waals surface area contributed by atoms with E-state index in [4.69, 9.17) is 11.6 Å². The van der Waals surface area contributed by atoms with Crippen molar-refractivity contribution in [3.05, 3.63) is 34.9 Å². The highest BCUT2D eigenvalue weighted by Crippen LogP contribution is 2.25. The molecule has 0 fully saturated rings. The summed E-state index contributed by atoms with van der Waals surface area (Å²) in [6.07, 6.45) is 3.65. The first-order valence-corrected chi connectivity index (χ1v) is 8.30. The molecule has 1 atom stereocenters. The number of rotatable bonds is 10. The highest BCUT2D eigenvalue weighted by atomic mass is 35.5. The molecule has 1 unspecified atom stereocenters. The molecule has 114 valence electrons. The summed E-state index contributed by atoms with van der Waals surface area (Å²) in [4.78, 5) is 2.53. The monoisotopic (exact) mass is 296 g/mol. The van der Waals surface area contributed by atoms with E-state index in [0.29, 0.717) is 6.04 Å². The van der Waals surface area contributed by atoms with E-state index < -0.39 is 0 Å². The Bertz CT molecular complexity index is 368.